The second kappa shape index (κ2) is 5.40. The molecule has 0 fully saturated rings. The Morgan fingerprint density at radius 1 is 1.24 bits per heavy atom. The van der Waals surface area contributed by atoms with Crippen LogP contribution in [-0.2, 0) is 13.6 Å². The molecule has 0 aliphatic carbocycles. The first-order chi connectivity index (χ1) is 10.2. The van der Waals surface area contributed by atoms with Crippen molar-refractivity contribution >= 4 is 16.9 Å². The van der Waals surface area contributed by atoms with Crippen molar-refractivity contribution in [2.75, 3.05) is 12.4 Å². The Hall–Kier alpha value is -2.63. The van der Waals surface area contributed by atoms with Gasteiger partial charge in [-0.1, -0.05) is 6.07 Å². The first-order valence-electron chi connectivity index (χ1n) is 6.69. The fraction of sp³-hybridized carbons (Fsp3) is 0.267. The maximum Gasteiger partial charge on any atom is 0.318 e. The minimum Gasteiger partial charge on any atom is -0.467 e. The molecule has 6 heteroatoms. The third-order valence-electron chi connectivity index (χ3n) is 3.28. The normalized spacial score (nSPS) is 10.8. The quantitative estimate of drug-likeness (QED) is 0.796. The highest BCUT2D eigenvalue weighted by Gasteiger charge is 2.04. The number of aromatic nitrogens is 4. The molecule has 0 radical (unpaired) electrons. The summed E-state index contributed by atoms with van der Waals surface area (Å²) in [5.74, 6) is 0.750. The van der Waals surface area contributed by atoms with E-state index in [4.69, 9.17) is 4.74 Å². The van der Waals surface area contributed by atoms with Crippen LogP contribution in [0.5, 0.6) is 6.01 Å². The minimum absolute atomic E-state index is 0.373. The molecule has 1 N–H and O–H groups in total. The van der Waals surface area contributed by atoms with Crippen LogP contribution in [0.3, 0.4) is 0 Å². The van der Waals surface area contributed by atoms with E-state index in [1.54, 1.807) is 7.11 Å². The van der Waals surface area contributed by atoms with Crippen molar-refractivity contribution in [2.45, 2.75) is 13.5 Å². The lowest BCUT2D eigenvalue weighted by Crippen LogP contribution is -2.04. The largest absolute Gasteiger partial charge is 0.467 e. The molecule has 0 saturated carbocycles. The van der Waals surface area contributed by atoms with Crippen molar-refractivity contribution in [3.05, 3.63) is 41.9 Å². The maximum absolute atomic E-state index is 5.07. The van der Waals surface area contributed by atoms with Crippen LogP contribution in [0.1, 0.15) is 11.3 Å². The van der Waals surface area contributed by atoms with Crippen LogP contribution in [0.2, 0.25) is 0 Å². The number of hydrogen-bond donors (Lipinski definition) is 1. The molecule has 3 rings (SSSR count). The summed E-state index contributed by atoms with van der Waals surface area (Å²) >= 11 is 0. The molecule has 0 aliphatic heterocycles. The van der Waals surface area contributed by atoms with Gasteiger partial charge in [0, 0.05) is 25.4 Å². The Morgan fingerprint density at radius 2 is 2.10 bits per heavy atom. The zero-order chi connectivity index (χ0) is 14.8. The Morgan fingerprint density at radius 3 is 2.90 bits per heavy atom. The Labute approximate surface area is 122 Å². The Balaban J connectivity index is 1.78. The third-order valence-corrected chi connectivity index (χ3v) is 3.28. The van der Waals surface area contributed by atoms with E-state index >= 15 is 0 Å². The average molecular weight is 283 g/mol. The second-order valence-corrected chi connectivity index (χ2v) is 4.91. The molecule has 0 atom stereocenters. The standard InChI is InChI=1S/C15H17N5O/c1-10-6-14(19-15(18-10)21-3)16-8-11-4-5-13-12(7-11)17-9-20(13)2/h4-7,9H,8H2,1-3H3,(H,16,18,19). The number of fused-ring (bicyclic) bond motifs is 1. The molecule has 0 saturated heterocycles. The van der Waals surface area contributed by atoms with Gasteiger partial charge >= 0.3 is 6.01 Å². The van der Waals surface area contributed by atoms with E-state index in [-0.39, 0.29) is 0 Å². The summed E-state index contributed by atoms with van der Waals surface area (Å²) in [5, 5.41) is 3.28. The van der Waals surface area contributed by atoms with E-state index in [9.17, 15) is 0 Å². The van der Waals surface area contributed by atoms with Gasteiger partial charge in [-0.2, -0.15) is 4.98 Å². The monoisotopic (exact) mass is 283 g/mol. The molecule has 0 bridgehead atoms. The molecular formula is C15H17N5O. The van der Waals surface area contributed by atoms with Gasteiger partial charge in [-0.25, -0.2) is 9.97 Å². The number of anilines is 1. The van der Waals surface area contributed by atoms with Gasteiger partial charge in [-0.3, -0.25) is 0 Å². The summed E-state index contributed by atoms with van der Waals surface area (Å²) < 4.78 is 7.08. The van der Waals surface area contributed by atoms with Crippen molar-refractivity contribution in [2.24, 2.45) is 7.05 Å². The van der Waals surface area contributed by atoms with Crippen LogP contribution < -0.4 is 10.1 Å². The van der Waals surface area contributed by atoms with Crippen molar-refractivity contribution in [3.63, 3.8) is 0 Å². The van der Waals surface area contributed by atoms with E-state index in [1.165, 1.54) is 0 Å². The van der Waals surface area contributed by atoms with E-state index in [1.807, 2.05) is 30.9 Å². The van der Waals surface area contributed by atoms with Crippen molar-refractivity contribution in [3.8, 4) is 6.01 Å². The number of imidazole rings is 1. The van der Waals surface area contributed by atoms with Gasteiger partial charge in [-0.05, 0) is 24.6 Å². The molecular weight excluding hydrogens is 266 g/mol. The highest BCUT2D eigenvalue weighted by atomic mass is 16.5. The number of rotatable bonds is 4. The first-order valence-corrected chi connectivity index (χ1v) is 6.69. The SMILES string of the molecule is COc1nc(C)cc(NCc2ccc3c(c2)ncn3C)n1. The number of nitrogens with zero attached hydrogens (tertiary/aromatic N) is 4. The zero-order valence-electron chi connectivity index (χ0n) is 12.3. The molecule has 6 nitrogen and oxygen atoms in total. The minimum atomic E-state index is 0.373. The van der Waals surface area contributed by atoms with Gasteiger partial charge in [-0.15, -0.1) is 0 Å². The van der Waals surface area contributed by atoms with Gasteiger partial charge in [0.05, 0.1) is 24.5 Å². The van der Waals surface area contributed by atoms with E-state index in [0.29, 0.717) is 12.6 Å². The van der Waals surface area contributed by atoms with Crippen LogP contribution in [0, 0.1) is 6.92 Å². The van der Waals surface area contributed by atoms with Gasteiger partial charge in [0.1, 0.15) is 5.82 Å². The lowest BCUT2D eigenvalue weighted by Gasteiger charge is -2.08. The number of ether oxygens (including phenoxy) is 1. The number of aryl methyl sites for hydroxylation is 2. The van der Waals surface area contributed by atoms with Crippen LogP contribution in [0.15, 0.2) is 30.6 Å². The van der Waals surface area contributed by atoms with Crippen molar-refractivity contribution < 1.29 is 4.74 Å². The molecule has 1 aromatic carbocycles. The predicted octanol–water partition coefficient (Wildman–Crippen LogP) is 2.29. The number of nitrogens with one attached hydrogen (secondary N) is 1. The van der Waals surface area contributed by atoms with E-state index in [0.717, 1.165) is 28.1 Å². The summed E-state index contributed by atoms with van der Waals surface area (Å²) in [5.41, 5.74) is 4.13. The summed E-state index contributed by atoms with van der Waals surface area (Å²) in [4.78, 5) is 12.8. The number of hydrogen-bond acceptors (Lipinski definition) is 5. The molecule has 3 aromatic rings. The van der Waals surface area contributed by atoms with Gasteiger partial charge < -0.3 is 14.6 Å². The van der Waals surface area contributed by atoms with Crippen molar-refractivity contribution in [1.29, 1.82) is 0 Å². The Kier molecular flexibility index (Phi) is 3.43. The predicted molar refractivity (Wildman–Crippen MR) is 81.4 cm³/mol. The fourth-order valence-electron chi connectivity index (χ4n) is 2.21. The van der Waals surface area contributed by atoms with Crippen LogP contribution in [-0.4, -0.2) is 26.6 Å². The summed E-state index contributed by atoms with van der Waals surface area (Å²) in [7, 11) is 3.55. The summed E-state index contributed by atoms with van der Waals surface area (Å²) in [6.07, 6.45) is 1.82. The van der Waals surface area contributed by atoms with Crippen LogP contribution >= 0.6 is 0 Å². The van der Waals surface area contributed by atoms with Gasteiger partial charge in [0.2, 0.25) is 0 Å². The lowest BCUT2D eigenvalue weighted by molar-refractivity contribution is 0.379. The highest BCUT2D eigenvalue weighted by Crippen LogP contribution is 2.16. The molecule has 0 unspecified atom stereocenters. The lowest BCUT2D eigenvalue weighted by atomic mass is 10.2. The molecule has 108 valence electrons. The zero-order valence-corrected chi connectivity index (χ0v) is 12.3. The Bertz CT molecular complexity index is 781. The number of methoxy groups -OCH3 is 1. The average Bonchev–Trinajstić information content (AvgIpc) is 2.85. The summed E-state index contributed by atoms with van der Waals surface area (Å²) in [6, 6.07) is 8.50. The van der Waals surface area contributed by atoms with Crippen LogP contribution in [0.4, 0.5) is 5.82 Å². The van der Waals surface area contributed by atoms with Crippen molar-refractivity contribution in [1.82, 2.24) is 19.5 Å². The molecule has 0 spiro atoms. The molecule has 21 heavy (non-hydrogen) atoms. The maximum atomic E-state index is 5.07. The van der Waals surface area contributed by atoms with Crippen LogP contribution in [0.25, 0.3) is 11.0 Å². The second-order valence-electron chi connectivity index (χ2n) is 4.91. The number of benzene rings is 1. The molecule has 2 heterocycles. The molecule has 2 aromatic heterocycles. The van der Waals surface area contributed by atoms with Gasteiger partial charge in [0.25, 0.3) is 0 Å². The van der Waals surface area contributed by atoms with E-state index in [2.05, 4.69) is 38.5 Å². The summed E-state index contributed by atoms with van der Waals surface area (Å²) in [6.45, 7) is 2.58. The third kappa shape index (κ3) is 2.79. The molecule has 0 amide bonds. The van der Waals surface area contributed by atoms with E-state index < -0.39 is 0 Å². The smallest absolute Gasteiger partial charge is 0.318 e. The molecule has 0 aliphatic rings. The highest BCUT2D eigenvalue weighted by molar-refractivity contribution is 5.76. The topological polar surface area (TPSA) is 64.9 Å². The van der Waals surface area contributed by atoms with Gasteiger partial charge in [0.15, 0.2) is 0 Å². The first kappa shape index (κ1) is 13.4. The fourth-order valence-corrected chi connectivity index (χ4v) is 2.21.